The molecule has 0 spiro atoms. The highest BCUT2D eigenvalue weighted by Crippen LogP contribution is 1.98. The average Bonchev–Trinajstić information content (AvgIpc) is 2.14. The van der Waals surface area contributed by atoms with E-state index in [2.05, 4.69) is 16.0 Å². The van der Waals surface area contributed by atoms with Crippen molar-refractivity contribution in [2.75, 3.05) is 6.54 Å². The molecule has 3 heteroatoms. The van der Waals surface area contributed by atoms with E-state index >= 15 is 0 Å². The summed E-state index contributed by atoms with van der Waals surface area (Å²) in [5, 5.41) is 0. The second-order valence-electron chi connectivity index (χ2n) is 2.38. The zero-order valence-electron chi connectivity index (χ0n) is 7.60. The summed E-state index contributed by atoms with van der Waals surface area (Å²) in [6.45, 7) is 3.38. The van der Waals surface area contributed by atoms with Crippen LogP contribution in [0.1, 0.15) is 12.5 Å². The van der Waals surface area contributed by atoms with Crippen LogP contribution >= 0.6 is 12.4 Å². The van der Waals surface area contributed by atoms with Crippen LogP contribution in [0, 0.1) is 0 Å². The molecule has 0 aromatic heterocycles. The van der Waals surface area contributed by atoms with Crippen LogP contribution in [0.25, 0.3) is 0 Å². The van der Waals surface area contributed by atoms with E-state index in [0.717, 1.165) is 6.54 Å². The van der Waals surface area contributed by atoms with Crippen molar-refractivity contribution in [1.29, 1.82) is 0 Å². The Bertz CT molecular complexity index is 276. The van der Waals surface area contributed by atoms with Gasteiger partial charge in [-0.25, -0.2) is 9.98 Å². The largest absolute Gasteiger partial charge is 0.226 e. The smallest absolute Gasteiger partial charge is 0.0895 e. The van der Waals surface area contributed by atoms with Gasteiger partial charge in [-0.05, 0) is 12.5 Å². The second-order valence-corrected chi connectivity index (χ2v) is 2.38. The summed E-state index contributed by atoms with van der Waals surface area (Å²) in [4.78, 5) is 7.88. The van der Waals surface area contributed by atoms with Crippen LogP contribution in [0.2, 0.25) is 0 Å². The van der Waals surface area contributed by atoms with Crippen LogP contribution in [-0.2, 0) is 6.54 Å². The Morgan fingerprint density at radius 2 is 1.85 bits per heavy atom. The fourth-order valence-electron chi connectivity index (χ4n) is 0.831. The first-order chi connectivity index (χ1) is 5.93. The van der Waals surface area contributed by atoms with Crippen LogP contribution in [0.15, 0.2) is 40.3 Å². The molecule has 0 amide bonds. The molecule has 0 aliphatic rings. The summed E-state index contributed by atoms with van der Waals surface area (Å²) in [5.41, 5.74) is 1.19. The van der Waals surface area contributed by atoms with Crippen molar-refractivity contribution in [2.45, 2.75) is 13.5 Å². The number of rotatable bonds is 3. The minimum atomic E-state index is 0. The van der Waals surface area contributed by atoms with E-state index in [9.17, 15) is 0 Å². The van der Waals surface area contributed by atoms with E-state index in [0.29, 0.717) is 6.54 Å². The molecule has 1 aromatic rings. The molecule has 0 saturated heterocycles. The summed E-state index contributed by atoms with van der Waals surface area (Å²) in [5.74, 6) is 0. The molecule has 70 valence electrons. The Labute approximate surface area is 84.8 Å². The molecule has 0 fully saturated rings. The zero-order valence-corrected chi connectivity index (χ0v) is 8.42. The van der Waals surface area contributed by atoms with Gasteiger partial charge >= 0.3 is 0 Å². The summed E-state index contributed by atoms with van der Waals surface area (Å²) in [7, 11) is 0. The van der Waals surface area contributed by atoms with Gasteiger partial charge in [0.2, 0.25) is 0 Å². The van der Waals surface area contributed by atoms with Crippen molar-refractivity contribution >= 4 is 18.4 Å². The van der Waals surface area contributed by atoms with Gasteiger partial charge in [0.25, 0.3) is 0 Å². The predicted octanol–water partition coefficient (Wildman–Crippen LogP) is 2.80. The molecular weight excluding hydrogens is 184 g/mol. The first-order valence-corrected chi connectivity index (χ1v) is 4.05. The highest BCUT2D eigenvalue weighted by molar-refractivity contribution is 5.85. The summed E-state index contributed by atoms with van der Waals surface area (Å²) in [6.07, 6.45) is 0. The Morgan fingerprint density at radius 1 is 1.15 bits per heavy atom. The topological polar surface area (TPSA) is 24.7 Å². The minimum Gasteiger partial charge on any atom is -0.226 e. The molecule has 0 heterocycles. The molecule has 0 atom stereocenters. The summed E-state index contributed by atoms with van der Waals surface area (Å²) >= 11 is 0. The normalized spacial score (nSPS) is 8.08. The van der Waals surface area contributed by atoms with Crippen molar-refractivity contribution < 1.29 is 0 Å². The third-order valence-corrected chi connectivity index (χ3v) is 1.40. The molecule has 0 N–H and O–H groups in total. The maximum absolute atomic E-state index is 4.01. The van der Waals surface area contributed by atoms with Crippen molar-refractivity contribution in [2.24, 2.45) is 9.98 Å². The van der Waals surface area contributed by atoms with E-state index in [1.165, 1.54) is 5.56 Å². The third-order valence-electron chi connectivity index (χ3n) is 1.40. The number of benzene rings is 1. The maximum atomic E-state index is 4.01. The maximum Gasteiger partial charge on any atom is 0.0895 e. The van der Waals surface area contributed by atoms with Crippen LogP contribution in [0.5, 0.6) is 0 Å². The average molecular weight is 197 g/mol. The van der Waals surface area contributed by atoms with E-state index in [4.69, 9.17) is 0 Å². The highest BCUT2D eigenvalue weighted by Gasteiger charge is 1.84. The lowest BCUT2D eigenvalue weighted by atomic mass is 10.2. The zero-order chi connectivity index (χ0) is 8.65. The first-order valence-electron chi connectivity index (χ1n) is 4.05. The number of hydrogen-bond donors (Lipinski definition) is 0. The SMILES string of the molecule is CCN=C=NCc1ccccc1.Cl. The third kappa shape index (κ3) is 5.18. The number of nitrogens with zero attached hydrogens (tertiary/aromatic N) is 2. The van der Waals surface area contributed by atoms with Crippen LogP contribution < -0.4 is 0 Å². The highest BCUT2D eigenvalue weighted by atomic mass is 35.5. The quantitative estimate of drug-likeness (QED) is 0.665. The van der Waals surface area contributed by atoms with Gasteiger partial charge in [-0.15, -0.1) is 12.4 Å². The van der Waals surface area contributed by atoms with Gasteiger partial charge in [0.1, 0.15) is 0 Å². The van der Waals surface area contributed by atoms with E-state index in [-0.39, 0.29) is 12.4 Å². The molecule has 2 nitrogen and oxygen atoms in total. The lowest BCUT2D eigenvalue weighted by Crippen LogP contribution is -1.78. The van der Waals surface area contributed by atoms with Crippen molar-refractivity contribution in [3.05, 3.63) is 35.9 Å². The Kier molecular flexibility index (Phi) is 6.89. The molecule has 0 saturated carbocycles. The van der Waals surface area contributed by atoms with Crippen LogP contribution in [0.4, 0.5) is 0 Å². The molecule has 0 aliphatic heterocycles. The predicted molar refractivity (Wildman–Crippen MR) is 57.8 cm³/mol. The monoisotopic (exact) mass is 196 g/mol. The minimum absolute atomic E-state index is 0. The fraction of sp³-hybridized carbons (Fsp3) is 0.300. The molecule has 1 aromatic carbocycles. The molecule has 0 unspecified atom stereocenters. The molecule has 13 heavy (non-hydrogen) atoms. The van der Waals surface area contributed by atoms with E-state index in [1.54, 1.807) is 0 Å². The van der Waals surface area contributed by atoms with E-state index in [1.807, 2.05) is 37.3 Å². The Balaban J connectivity index is 0.00000144. The summed E-state index contributed by atoms with van der Waals surface area (Å²) < 4.78 is 0. The molecular formula is C10H13ClN2. The lowest BCUT2D eigenvalue weighted by molar-refractivity contribution is 1.06. The van der Waals surface area contributed by atoms with Gasteiger partial charge in [-0.3, -0.25) is 0 Å². The van der Waals surface area contributed by atoms with Crippen molar-refractivity contribution in [3.8, 4) is 0 Å². The molecule has 0 bridgehead atoms. The van der Waals surface area contributed by atoms with Crippen molar-refractivity contribution in [3.63, 3.8) is 0 Å². The number of hydrogen-bond acceptors (Lipinski definition) is 2. The van der Waals surface area contributed by atoms with Gasteiger partial charge in [0, 0.05) is 6.54 Å². The fourth-order valence-corrected chi connectivity index (χ4v) is 0.831. The molecule has 0 aliphatic carbocycles. The van der Waals surface area contributed by atoms with Gasteiger partial charge in [-0.1, -0.05) is 30.3 Å². The van der Waals surface area contributed by atoms with Crippen molar-refractivity contribution in [1.82, 2.24) is 0 Å². The number of halogens is 1. The molecule has 1 rings (SSSR count). The molecule has 0 radical (unpaired) electrons. The van der Waals surface area contributed by atoms with Gasteiger partial charge in [0.05, 0.1) is 12.6 Å². The van der Waals surface area contributed by atoms with Gasteiger partial charge in [-0.2, -0.15) is 0 Å². The summed E-state index contributed by atoms with van der Waals surface area (Å²) in [6, 6.07) is 12.7. The second kappa shape index (κ2) is 7.53. The van der Waals surface area contributed by atoms with Crippen LogP contribution in [-0.4, -0.2) is 12.6 Å². The Hall–Kier alpha value is -1.11. The Morgan fingerprint density at radius 3 is 2.46 bits per heavy atom. The first kappa shape index (κ1) is 11.9. The van der Waals surface area contributed by atoms with E-state index < -0.39 is 0 Å². The van der Waals surface area contributed by atoms with Gasteiger partial charge in [0.15, 0.2) is 0 Å². The number of aliphatic imine (C=N–C) groups is 2. The standard InChI is InChI=1S/C10H12N2.ClH/c1-2-11-9-12-8-10-6-4-3-5-7-10;/h3-7H,2,8H2,1H3;1H. The van der Waals surface area contributed by atoms with Crippen LogP contribution in [0.3, 0.4) is 0 Å². The van der Waals surface area contributed by atoms with Gasteiger partial charge < -0.3 is 0 Å². The lowest BCUT2D eigenvalue weighted by Gasteiger charge is -1.90.